The van der Waals surface area contributed by atoms with E-state index in [1.165, 1.54) is 12.1 Å². The Balaban J connectivity index is 1.45. The number of carbonyl (C=O) groups excluding carboxylic acids is 2. The Morgan fingerprint density at radius 3 is 2.36 bits per heavy atom. The molecule has 1 aromatic heterocycles. The van der Waals surface area contributed by atoms with Crippen molar-refractivity contribution < 1.29 is 22.8 Å². The van der Waals surface area contributed by atoms with Crippen molar-refractivity contribution in [2.75, 3.05) is 25.5 Å². The SMILES string of the molecule is C[C@@H](NC(=O)c1cccc(N(C)C)n1)C(=O)N1CCc2ccc(-c3ccc(C(F)(F)F)cc3)cc2C1. The number of aromatic nitrogens is 1. The lowest BCUT2D eigenvalue weighted by Crippen LogP contribution is -2.48. The van der Waals surface area contributed by atoms with Crippen LogP contribution in [-0.4, -0.2) is 48.4 Å². The van der Waals surface area contributed by atoms with Gasteiger partial charge in [-0.15, -0.1) is 0 Å². The molecule has 0 bridgehead atoms. The van der Waals surface area contributed by atoms with E-state index in [4.69, 9.17) is 0 Å². The van der Waals surface area contributed by atoms with Crippen molar-refractivity contribution in [3.8, 4) is 11.1 Å². The number of hydrogen-bond acceptors (Lipinski definition) is 4. The van der Waals surface area contributed by atoms with Crippen LogP contribution >= 0.6 is 0 Å². The third-order valence-electron chi connectivity index (χ3n) is 6.22. The fraction of sp³-hybridized carbons (Fsp3) is 0.296. The van der Waals surface area contributed by atoms with Gasteiger partial charge in [0.1, 0.15) is 17.6 Å². The molecule has 6 nitrogen and oxygen atoms in total. The lowest BCUT2D eigenvalue weighted by molar-refractivity contribution is -0.137. The first-order chi connectivity index (χ1) is 17.0. The number of carbonyl (C=O) groups is 2. The molecule has 1 N–H and O–H groups in total. The topological polar surface area (TPSA) is 65.5 Å². The van der Waals surface area contributed by atoms with Crippen molar-refractivity contribution in [1.82, 2.24) is 15.2 Å². The molecule has 2 heterocycles. The van der Waals surface area contributed by atoms with Gasteiger partial charge in [-0.25, -0.2) is 4.98 Å². The van der Waals surface area contributed by atoms with Crippen LogP contribution in [0.1, 0.15) is 34.1 Å². The van der Waals surface area contributed by atoms with E-state index in [0.717, 1.165) is 28.8 Å². The summed E-state index contributed by atoms with van der Waals surface area (Å²) in [5.74, 6) is -0.00244. The summed E-state index contributed by atoms with van der Waals surface area (Å²) >= 11 is 0. The molecule has 1 aliphatic heterocycles. The van der Waals surface area contributed by atoms with Gasteiger partial charge in [0.05, 0.1) is 5.56 Å². The highest BCUT2D eigenvalue weighted by Crippen LogP contribution is 2.32. The summed E-state index contributed by atoms with van der Waals surface area (Å²) in [4.78, 5) is 33.6. The van der Waals surface area contributed by atoms with Crippen LogP contribution in [0.25, 0.3) is 11.1 Å². The van der Waals surface area contributed by atoms with E-state index < -0.39 is 23.7 Å². The fourth-order valence-corrected chi connectivity index (χ4v) is 4.18. The molecule has 0 saturated carbocycles. The van der Waals surface area contributed by atoms with Crippen molar-refractivity contribution in [2.24, 2.45) is 0 Å². The van der Waals surface area contributed by atoms with Gasteiger partial charge in [-0.05, 0) is 65.9 Å². The van der Waals surface area contributed by atoms with E-state index in [1.807, 2.05) is 32.3 Å². The molecule has 2 amide bonds. The van der Waals surface area contributed by atoms with E-state index in [1.54, 1.807) is 34.9 Å². The number of benzene rings is 2. The number of halogens is 3. The van der Waals surface area contributed by atoms with E-state index in [9.17, 15) is 22.8 Å². The van der Waals surface area contributed by atoms with Crippen LogP contribution in [0.5, 0.6) is 0 Å². The van der Waals surface area contributed by atoms with Crippen LogP contribution in [0.15, 0.2) is 60.7 Å². The second-order valence-electron chi connectivity index (χ2n) is 9.04. The zero-order valence-corrected chi connectivity index (χ0v) is 20.3. The molecule has 0 saturated heterocycles. The molecule has 0 fully saturated rings. The molecule has 1 aliphatic rings. The second kappa shape index (κ2) is 10.0. The highest BCUT2D eigenvalue weighted by Gasteiger charge is 2.30. The summed E-state index contributed by atoms with van der Waals surface area (Å²) in [5.41, 5.74) is 3.01. The molecule has 4 rings (SSSR count). The molecule has 36 heavy (non-hydrogen) atoms. The summed E-state index contributed by atoms with van der Waals surface area (Å²) in [7, 11) is 3.65. The van der Waals surface area contributed by atoms with Gasteiger partial charge in [-0.2, -0.15) is 13.2 Å². The van der Waals surface area contributed by atoms with Gasteiger partial charge in [0, 0.05) is 27.2 Å². The van der Waals surface area contributed by atoms with Gasteiger partial charge in [-0.1, -0.05) is 30.3 Å². The highest BCUT2D eigenvalue weighted by molar-refractivity contribution is 5.96. The van der Waals surface area contributed by atoms with Crippen LogP contribution in [0.2, 0.25) is 0 Å². The summed E-state index contributed by atoms with van der Waals surface area (Å²) in [5, 5.41) is 2.73. The first-order valence-corrected chi connectivity index (χ1v) is 11.6. The molecule has 0 spiro atoms. The van der Waals surface area contributed by atoms with Crippen LogP contribution in [0, 0.1) is 0 Å². The molecule has 0 radical (unpaired) electrons. The summed E-state index contributed by atoms with van der Waals surface area (Å²) in [6.45, 7) is 2.52. The summed E-state index contributed by atoms with van der Waals surface area (Å²) < 4.78 is 38.7. The number of nitrogens with one attached hydrogen (secondary N) is 1. The fourth-order valence-electron chi connectivity index (χ4n) is 4.18. The van der Waals surface area contributed by atoms with Crippen LogP contribution < -0.4 is 10.2 Å². The molecule has 3 aromatic rings. The predicted octanol–water partition coefficient (Wildman–Crippen LogP) is 4.54. The van der Waals surface area contributed by atoms with E-state index in [-0.39, 0.29) is 11.6 Å². The van der Waals surface area contributed by atoms with Gasteiger partial charge in [-0.3, -0.25) is 9.59 Å². The van der Waals surface area contributed by atoms with E-state index in [0.29, 0.717) is 30.9 Å². The van der Waals surface area contributed by atoms with Crippen molar-refractivity contribution in [3.05, 3.63) is 83.0 Å². The second-order valence-corrected chi connectivity index (χ2v) is 9.04. The Kier molecular flexibility index (Phi) is 7.01. The number of nitrogens with zero attached hydrogens (tertiary/aromatic N) is 3. The Morgan fingerprint density at radius 2 is 1.69 bits per heavy atom. The predicted molar refractivity (Wildman–Crippen MR) is 131 cm³/mol. The van der Waals surface area contributed by atoms with Crippen molar-refractivity contribution in [2.45, 2.75) is 32.1 Å². The van der Waals surface area contributed by atoms with E-state index in [2.05, 4.69) is 10.3 Å². The minimum absolute atomic E-state index is 0.210. The molecule has 188 valence electrons. The maximum Gasteiger partial charge on any atom is 0.416 e. The number of hydrogen-bond donors (Lipinski definition) is 1. The first-order valence-electron chi connectivity index (χ1n) is 11.6. The number of fused-ring (bicyclic) bond motifs is 1. The summed E-state index contributed by atoms with van der Waals surface area (Å²) in [6, 6.07) is 15.2. The van der Waals surface area contributed by atoms with Gasteiger partial charge in [0.15, 0.2) is 0 Å². The minimum atomic E-state index is -4.38. The zero-order valence-electron chi connectivity index (χ0n) is 20.3. The third kappa shape index (κ3) is 5.50. The summed E-state index contributed by atoms with van der Waals surface area (Å²) in [6.07, 6.45) is -3.73. The minimum Gasteiger partial charge on any atom is -0.363 e. The molecule has 0 unspecified atom stereocenters. The van der Waals surface area contributed by atoms with Crippen molar-refractivity contribution in [1.29, 1.82) is 0 Å². The van der Waals surface area contributed by atoms with Crippen molar-refractivity contribution in [3.63, 3.8) is 0 Å². The van der Waals surface area contributed by atoms with Gasteiger partial charge in [0.25, 0.3) is 5.91 Å². The highest BCUT2D eigenvalue weighted by atomic mass is 19.4. The Bertz CT molecular complexity index is 1270. The first kappa shape index (κ1) is 25.2. The quantitative estimate of drug-likeness (QED) is 0.564. The molecule has 2 aromatic carbocycles. The van der Waals surface area contributed by atoms with Crippen molar-refractivity contribution >= 4 is 17.6 Å². The van der Waals surface area contributed by atoms with Crippen LogP contribution in [-0.2, 0) is 23.9 Å². The number of pyridine rings is 1. The average Bonchev–Trinajstić information content (AvgIpc) is 2.87. The lowest BCUT2D eigenvalue weighted by Gasteiger charge is -2.31. The average molecular weight is 497 g/mol. The molecular formula is C27H27F3N4O2. The van der Waals surface area contributed by atoms with Gasteiger partial charge >= 0.3 is 6.18 Å². The molecule has 1 atom stereocenters. The van der Waals surface area contributed by atoms with Gasteiger partial charge < -0.3 is 15.1 Å². The zero-order chi connectivity index (χ0) is 26.0. The van der Waals surface area contributed by atoms with Crippen LogP contribution in [0.3, 0.4) is 0 Å². The van der Waals surface area contributed by atoms with Crippen LogP contribution in [0.4, 0.5) is 19.0 Å². The van der Waals surface area contributed by atoms with Gasteiger partial charge in [0.2, 0.25) is 5.91 Å². The van der Waals surface area contributed by atoms with E-state index >= 15 is 0 Å². The third-order valence-corrected chi connectivity index (χ3v) is 6.22. The maximum atomic E-state index is 13.1. The number of anilines is 1. The molecule has 0 aliphatic carbocycles. The smallest absolute Gasteiger partial charge is 0.363 e. The Labute approximate surface area is 207 Å². The Morgan fingerprint density at radius 1 is 1.00 bits per heavy atom. The Hall–Kier alpha value is -3.88. The number of alkyl halides is 3. The lowest BCUT2D eigenvalue weighted by atomic mass is 9.94. The number of amides is 2. The standard InChI is InChI=1S/C27H27F3N4O2/c1-17(31-25(35)23-5-4-6-24(32-23)33(2)3)26(36)34-14-13-19-7-8-20(15-21(19)16-34)18-9-11-22(12-10-18)27(28,29)30/h4-12,15,17H,13-14,16H2,1-3H3,(H,31,35)/t17-/m1/s1. The normalized spacial score (nSPS) is 14.1. The number of rotatable bonds is 5. The monoisotopic (exact) mass is 496 g/mol. The maximum absolute atomic E-state index is 13.1. The molecule has 9 heteroatoms. The largest absolute Gasteiger partial charge is 0.416 e. The molecular weight excluding hydrogens is 469 g/mol.